The van der Waals surface area contributed by atoms with Gasteiger partial charge in [0.1, 0.15) is 6.10 Å². The fraction of sp³-hybridized carbons (Fsp3) is 0.897. The van der Waals surface area contributed by atoms with Crippen LogP contribution in [-0.4, -0.2) is 35.1 Å². The molecule has 0 saturated carbocycles. The van der Waals surface area contributed by atoms with Crippen molar-refractivity contribution in [3.05, 3.63) is 0 Å². The molecule has 0 spiro atoms. The highest BCUT2D eigenvalue weighted by molar-refractivity contribution is 6.77. The van der Waals surface area contributed by atoms with Gasteiger partial charge in [-0.3, -0.25) is 4.79 Å². The lowest BCUT2D eigenvalue weighted by Crippen LogP contribution is -2.50. The third-order valence-electron chi connectivity index (χ3n) is 7.81. The highest BCUT2D eigenvalue weighted by Crippen LogP contribution is 2.43. The fourth-order valence-corrected chi connectivity index (χ4v) is 11.3. The van der Waals surface area contributed by atoms with Gasteiger partial charge in [0.15, 0.2) is 8.32 Å². The highest BCUT2D eigenvalue weighted by atomic mass is 28.4. The molecular weight excluding hydrogens is 452 g/mol. The van der Waals surface area contributed by atoms with E-state index in [0.717, 1.165) is 32.3 Å². The molecular formula is C29H58O3Si2. The van der Waals surface area contributed by atoms with E-state index in [0.29, 0.717) is 23.0 Å². The Bertz CT molecular complexity index is 614. The molecule has 5 heteroatoms. The molecule has 0 radical (unpaired) electrons. The highest BCUT2D eigenvalue weighted by Gasteiger charge is 2.46. The van der Waals surface area contributed by atoms with Crippen LogP contribution in [0.4, 0.5) is 0 Å². The standard InChI is InChI=1S/C29H58O3Si2/c1-13-14-15-16-20-28(32-34(24(2)3,25(4)5)26(6)7)22-21-27(30)19-17-18-23-31-33(11,12)29(8,9)10/h24-26,28H,13-20,23H2,1-12H3/t28-/m0/s1. The Labute approximate surface area is 215 Å². The van der Waals surface area contributed by atoms with Crippen LogP contribution < -0.4 is 0 Å². The molecule has 1 atom stereocenters. The summed E-state index contributed by atoms with van der Waals surface area (Å²) in [6.07, 6.45) is 7.87. The van der Waals surface area contributed by atoms with E-state index in [-0.39, 0.29) is 16.9 Å². The molecule has 0 bridgehead atoms. The molecule has 0 aromatic heterocycles. The minimum Gasteiger partial charge on any atom is -0.417 e. The summed E-state index contributed by atoms with van der Waals surface area (Å²) in [4.78, 5) is 12.6. The average Bonchev–Trinajstić information content (AvgIpc) is 2.70. The number of unbranched alkanes of at least 4 members (excludes halogenated alkanes) is 4. The van der Waals surface area contributed by atoms with Crippen LogP contribution in [0.25, 0.3) is 0 Å². The lowest BCUT2D eigenvalue weighted by molar-refractivity contribution is -0.113. The Balaban J connectivity index is 5.10. The van der Waals surface area contributed by atoms with Crippen LogP contribution in [0, 0.1) is 11.8 Å². The minimum atomic E-state index is -2.03. The SMILES string of the molecule is CCCCCC[C@@H](C#CC(=O)CCCCO[Si](C)(C)C(C)(C)C)O[Si](C(C)C)(C(C)C)C(C)C. The second kappa shape index (κ2) is 15.6. The van der Waals surface area contributed by atoms with Gasteiger partial charge in [0, 0.05) is 13.0 Å². The Morgan fingerprint density at radius 3 is 1.88 bits per heavy atom. The number of Topliss-reactive ketones (excluding diaryl/α,β-unsaturated/α-hetero) is 1. The lowest BCUT2D eigenvalue weighted by Gasteiger charge is -2.43. The summed E-state index contributed by atoms with van der Waals surface area (Å²) in [5.74, 6) is 6.30. The summed E-state index contributed by atoms with van der Waals surface area (Å²) in [5.41, 5.74) is 1.55. The van der Waals surface area contributed by atoms with Crippen LogP contribution in [0.1, 0.15) is 121 Å². The van der Waals surface area contributed by atoms with Gasteiger partial charge < -0.3 is 8.85 Å². The topological polar surface area (TPSA) is 35.5 Å². The normalized spacial score (nSPS) is 14.0. The van der Waals surface area contributed by atoms with Crippen LogP contribution in [0.5, 0.6) is 0 Å². The maximum absolute atomic E-state index is 12.6. The van der Waals surface area contributed by atoms with E-state index >= 15 is 0 Å². The van der Waals surface area contributed by atoms with E-state index < -0.39 is 16.6 Å². The van der Waals surface area contributed by atoms with Crippen molar-refractivity contribution in [2.75, 3.05) is 6.61 Å². The van der Waals surface area contributed by atoms with Crippen LogP contribution in [0.3, 0.4) is 0 Å². The molecule has 0 heterocycles. The first kappa shape index (κ1) is 33.6. The van der Waals surface area contributed by atoms with Gasteiger partial charge in [-0.15, -0.1) is 0 Å². The quantitative estimate of drug-likeness (QED) is 0.0898. The van der Waals surface area contributed by atoms with Crippen molar-refractivity contribution < 1.29 is 13.6 Å². The van der Waals surface area contributed by atoms with Gasteiger partial charge in [0.05, 0.1) is 0 Å². The second-order valence-electron chi connectivity index (χ2n) is 12.5. The zero-order valence-corrected chi connectivity index (χ0v) is 26.9. The van der Waals surface area contributed by atoms with Crippen molar-refractivity contribution in [3.63, 3.8) is 0 Å². The van der Waals surface area contributed by atoms with Gasteiger partial charge in [-0.1, -0.05) is 94.4 Å². The Hall–Kier alpha value is -0.416. The molecule has 0 amide bonds. The molecule has 0 aliphatic rings. The van der Waals surface area contributed by atoms with Gasteiger partial charge in [0.25, 0.3) is 0 Å². The average molecular weight is 511 g/mol. The second-order valence-corrected chi connectivity index (χ2v) is 22.7. The molecule has 0 rings (SSSR count). The summed E-state index contributed by atoms with van der Waals surface area (Å²) in [7, 11) is -3.74. The van der Waals surface area contributed by atoms with E-state index in [2.05, 4.69) is 94.2 Å². The zero-order chi connectivity index (χ0) is 26.6. The molecule has 0 fully saturated rings. The van der Waals surface area contributed by atoms with Crippen molar-refractivity contribution in [2.24, 2.45) is 0 Å². The number of carbonyl (C=O) groups is 1. The monoisotopic (exact) mass is 510 g/mol. The first-order valence-corrected chi connectivity index (χ1v) is 19.0. The maximum atomic E-state index is 12.6. The molecule has 3 nitrogen and oxygen atoms in total. The number of carbonyl (C=O) groups excluding carboxylic acids is 1. The molecule has 0 aliphatic heterocycles. The van der Waals surface area contributed by atoms with Crippen LogP contribution >= 0.6 is 0 Å². The third-order valence-corrected chi connectivity index (χ3v) is 18.5. The molecule has 200 valence electrons. The van der Waals surface area contributed by atoms with Gasteiger partial charge >= 0.3 is 0 Å². The summed E-state index contributed by atoms with van der Waals surface area (Å²) >= 11 is 0. The third kappa shape index (κ3) is 11.1. The molecule has 0 N–H and O–H groups in total. The van der Waals surface area contributed by atoms with E-state index in [1.54, 1.807) is 0 Å². The lowest BCUT2D eigenvalue weighted by atomic mass is 10.1. The number of ketones is 1. The predicted octanol–water partition coefficient (Wildman–Crippen LogP) is 9.28. The molecule has 0 aliphatic carbocycles. The number of hydrogen-bond donors (Lipinski definition) is 0. The van der Waals surface area contributed by atoms with Crippen molar-refractivity contribution >= 4 is 22.4 Å². The van der Waals surface area contributed by atoms with E-state index in [1.807, 2.05) is 0 Å². The minimum absolute atomic E-state index is 0.0420. The Kier molecular flexibility index (Phi) is 15.5. The van der Waals surface area contributed by atoms with Crippen molar-refractivity contribution in [1.82, 2.24) is 0 Å². The number of hydrogen-bond acceptors (Lipinski definition) is 3. The van der Waals surface area contributed by atoms with E-state index in [1.165, 1.54) is 19.3 Å². The largest absolute Gasteiger partial charge is 0.417 e. The fourth-order valence-electron chi connectivity index (χ4n) is 4.73. The Morgan fingerprint density at radius 1 is 0.853 bits per heavy atom. The number of rotatable bonds is 16. The molecule has 0 saturated heterocycles. The van der Waals surface area contributed by atoms with Crippen LogP contribution in [0.15, 0.2) is 0 Å². The van der Waals surface area contributed by atoms with Crippen LogP contribution in [0.2, 0.25) is 34.8 Å². The molecule has 0 unspecified atom stereocenters. The Morgan fingerprint density at radius 2 is 1.41 bits per heavy atom. The van der Waals surface area contributed by atoms with Crippen molar-refractivity contribution in [3.8, 4) is 11.8 Å². The van der Waals surface area contributed by atoms with Gasteiger partial charge in [-0.2, -0.15) is 0 Å². The zero-order valence-electron chi connectivity index (χ0n) is 24.9. The van der Waals surface area contributed by atoms with Gasteiger partial charge in [0.2, 0.25) is 14.1 Å². The molecule has 0 aromatic rings. The molecule has 0 aromatic carbocycles. The predicted molar refractivity (Wildman–Crippen MR) is 154 cm³/mol. The van der Waals surface area contributed by atoms with Crippen molar-refractivity contribution in [1.29, 1.82) is 0 Å². The van der Waals surface area contributed by atoms with Gasteiger partial charge in [-0.05, 0) is 66.4 Å². The summed E-state index contributed by atoms with van der Waals surface area (Å²) < 4.78 is 13.2. The summed E-state index contributed by atoms with van der Waals surface area (Å²) in [6, 6.07) is 0. The van der Waals surface area contributed by atoms with Crippen LogP contribution in [-0.2, 0) is 13.6 Å². The van der Waals surface area contributed by atoms with Crippen molar-refractivity contribution in [2.45, 2.75) is 161 Å². The summed E-state index contributed by atoms with van der Waals surface area (Å²) in [6.45, 7) is 28.2. The summed E-state index contributed by atoms with van der Waals surface area (Å²) in [5, 5.41) is 0.223. The van der Waals surface area contributed by atoms with E-state index in [4.69, 9.17) is 8.85 Å². The van der Waals surface area contributed by atoms with Gasteiger partial charge in [-0.25, -0.2) is 0 Å². The van der Waals surface area contributed by atoms with E-state index in [9.17, 15) is 4.79 Å². The molecule has 34 heavy (non-hydrogen) atoms. The maximum Gasteiger partial charge on any atom is 0.205 e. The first-order chi connectivity index (χ1) is 15.6. The first-order valence-electron chi connectivity index (χ1n) is 14.0. The smallest absolute Gasteiger partial charge is 0.205 e.